The summed E-state index contributed by atoms with van der Waals surface area (Å²) < 4.78 is 5.29. The van der Waals surface area contributed by atoms with Crippen molar-refractivity contribution in [3.05, 3.63) is 54.2 Å². The van der Waals surface area contributed by atoms with E-state index in [2.05, 4.69) is 4.98 Å². The van der Waals surface area contributed by atoms with Crippen molar-refractivity contribution in [1.82, 2.24) is 9.88 Å². The monoisotopic (exact) mass is 259 g/mol. The molecule has 1 amide bonds. The van der Waals surface area contributed by atoms with Crippen molar-refractivity contribution in [1.29, 1.82) is 0 Å². The van der Waals surface area contributed by atoms with E-state index in [-0.39, 0.29) is 5.91 Å². The summed E-state index contributed by atoms with van der Waals surface area (Å²) in [6, 6.07) is 7.46. The summed E-state index contributed by atoms with van der Waals surface area (Å²) in [4.78, 5) is 17.8. The Balaban J connectivity index is 2.07. The lowest BCUT2D eigenvalue weighted by Crippen LogP contribution is -2.31. The van der Waals surface area contributed by atoms with Crippen LogP contribution in [0.2, 0.25) is 0 Å². The van der Waals surface area contributed by atoms with E-state index in [0.29, 0.717) is 26.1 Å². The van der Waals surface area contributed by atoms with Crippen LogP contribution in [0.1, 0.15) is 17.7 Å². The summed E-state index contributed by atoms with van der Waals surface area (Å²) in [6.45, 7) is 1.33. The highest BCUT2D eigenvalue weighted by molar-refractivity contribution is 5.76. The molecule has 0 saturated heterocycles. The number of nitrogens with two attached hydrogens (primary N) is 1. The highest BCUT2D eigenvalue weighted by atomic mass is 16.3. The minimum atomic E-state index is 0.0238. The first-order valence-corrected chi connectivity index (χ1v) is 6.18. The Morgan fingerprint density at radius 3 is 2.68 bits per heavy atom. The Kier molecular flexibility index (Phi) is 4.69. The molecule has 0 aliphatic heterocycles. The predicted molar refractivity (Wildman–Crippen MR) is 70.9 cm³/mol. The van der Waals surface area contributed by atoms with Crippen molar-refractivity contribution in [2.24, 2.45) is 5.73 Å². The lowest BCUT2D eigenvalue weighted by atomic mass is 10.2. The third-order valence-corrected chi connectivity index (χ3v) is 2.76. The zero-order chi connectivity index (χ0) is 13.5. The van der Waals surface area contributed by atoms with E-state index in [1.54, 1.807) is 23.6 Å². The molecule has 2 rings (SSSR count). The first kappa shape index (κ1) is 13.3. The van der Waals surface area contributed by atoms with Crippen LogP contribution < -0.4 is 5.73 Å². The molecule has 0 bridgehead atoms. The number of aromatic nitrogens is 1. The third kappa shape index (κ3) is 3.93. The highest BCUT2D eigenvalue weighted by Crippen LogP contribution is 2.11. The number of carbonyl (C=O) groups excluding carboxylic acids is 1. The van der Waals surface area contributed by atoms with Crippen LogP contribution in [0.3, 0.4) is 0 Å². The topological polar surface area (TPSA) is 72.4 Å². The van der Waals surface area contributed by atoms with Gasteiger partial charge in [0.1, 0.15) is 5.76 Å². The lowest BCUT2D eigenvalue weighted by molar-refractivity contribution is -0.132. The van der Waals surface area contributed by atoms with Crippen LogP contribution in [-0.2, 0) is 17.9 Å². The maximum absolute atomic E-state index is 12.1. The van der Waals surface area contributed by atoms with E-state index in [1.807, 2.05) is 24.3 Å². The standard InChI is InChI=1S/C14H17N3O2/c15-6-3-14(18)17(11-13-2-1-9-19-13)10-12-4-7-16-8-5-12/h1-2,4-5,7-9H,3,6,10-11,15H2. The fourth-order valence-electron chi connectivity index (χ4n) is 1.81. The number of nitrogens with zero attached hydrogens (tertiary/aromatic N) is 2. The summed E-state index contributed by atoms with van der Waals surface area (Å²) in [7, 11) is 0. The highest BCUT2D eigenvalue weighted by Gasteiger charge is 2.15. The minimum absolute atomic E-state index is 0.0238. The van der Waals surface area contributed by atoms with Gasteiger partial charge in [0.25, 0.3) is 0 Å². The van der Waals surface area contributed by atoms with Crippen LogP contribution in [0.15, 0.2) is 47.3 Å². The number of pyridine rings is 1. The van der Waals surface area contributed by atoms with Gasteiger partial charge in [0, 0.05) is 31.9 Å². The average molecular weight is 259 g/mol. The second-order valence-corrected chi connectivity index (χ2v) is 4.22. The van der Waals surface area contributed by atoms with Crippen LogP contribution in [0.25, 0.3) is 0 Å². The van der Waals surface area contributed by atoms with Gasteiger partial charge in [-0.3, -0.25) is 9.78 Å². The molecular weight excluding hydrogens is 242 g/mol. The van der Waals surface area contributed by atoms with E-state index in [4.69, 9.17) is 10.2 Å². The zero-order valence-electron chi connectivity index (χ0n) is 10.7. The first-order chi connectivity index (χ1) is 9.29. The Bertz CT molecular complexity index is 497. The predicted octanol–water partition coefficient (Wildman–Crippen LogP) is 1.55. The molecule has 2 aromatic rings. The van der Waals surface area contributed by atoms with Gasteiger partial charge in [-0.25, -0.2) is 0 Å². The maximum atomic E-state index is 12.1. The van der Waals surface area contributed by atoms with E-state index in [1.165, 1.54) is 0 Å². The molecule has 0 saturated carbocycles. The van der Waals surface area contributed by atoms with Crippen molar-refractivity contribution in [3.8, 4) is 0 Å². The SMILES string of the molecule is NCCC(=O)N(Cc1ccncc1)Cc1ccco1. The number of carbonyl (C=O) groups is 1. The van der Waals surface area contributed by atoms with Gasteiger partial charge in [0.15, 0.2) is 0 Å². The molecule has 0 radical (unpaired) electrons. The molecule has 0 aromatic carbocycles. The van der Waals surface area contributed by atoms with Crippen molar-refractivity contribution in [2.45, 2.75) is 19.5 Å². The number of rotatable bonds is 6. The van der Waals surface area contributed by atoms with Crippen LogP contribution in [0.4, 0.5) is 0 Å². The zero-order valence-corrected chi connectivity index (χ0v) is 10.7. The Labute approximate surface area is 112 Å². The summed E-state index contributed by atoms with van der Waals surface area (Å²) in [6.07, 6.45) is 5.38. The van der Waals surface area contributed by atoms with E-state index < -0.39 is 0 Å². The van der Waals surface area contributed by atoms with E-state index in [9.17, 15) is 4.79 Å². The molecule has 2 aromatic heterocycles. The second-order valence-electron chi connectivity index (χ2n) is 4.22. The van der Waals surface area contributed by atoms with Crippen LogP contribution >= 0.6 is 0 Å². The molecule has 100 valence electrons. The largest absolute Gasteiger partial charge is 0.467 e. The lowest BCUT2D eigenvalue weighted by Gasteiger charge is -2.21. The van der Waals surface area contributed by atoms with Gasteiger partial charge in [0.2, 0.25) is 5.91 Å². The molecule has 0 aliphatic rings. The molecule has 19 heavy (non-hydrogen) atoms. The smallest absolute Gasteiger partial charge is 0.224 e. The van der Waals surface area contributed by atoms with Gasteiger partial charge in [-0.15, -0.1) is 0 Å². The van der Waals surface area contributed by atoms with Gasteiger partial charge in [0.05, 0.1) is 12.8 Å². The van der Waals surface area contributed by atoms with Crippen molar-refractivity contribution in [2.75, 3.05) is 6.54 Å². The summed E-state index contributed by atoms with van der Waals surface area (Å²) in [5.74, 6) is 0.787. The average Bonchev–Trinajstić information content (AvgIpc) is 2.92. The van der Waals surface area contributed by atoms with Crippen LogP contribution in [0.5, 0.6) is 0 Å². The number of hydrogen-bond donors (Lipinski definition) is 1. The molecular formula is C14H17N3O2. The molecule has 0 spiro atoms. The second kappa shape index (κ2) is 6.70. The molecule has 2 heterocycles. The number of hydrogen-bond acceptors (Lipinski definition) is 4. The van der Waals surface area contributed by atoms with Gasteiger partial charge in [-0.05, 0) is 29.8 Å². The maximum Gasteiger partial charge on any atom is 0.224 e. The molecule has 2 N–H and O–H groups in total. The quantitative estimate of drug-likeness (QED) is 0.854. The van der Waals surface area contributed by atoms with Gasteiger partial charge in [-0.1, -0.05) is 0 Å². The molecule has 0 fully saturated rings. The summed E-state index contributed by atoms with van der Waals surface area (Å²) in [5.41, 5.74) is 6.49. The van der Waals surface area contributed by atoms with Crippen molar-refractivity contribution in [3.63, 3.8) is 0 Å². The van der Waals surface area contributed by atoms with Crippen molar-refractivity contribution >= 4 is 5.91 Å². The fraction of sp³-hybridized carbons (Fsp3) is 0.286. The van der Waals surface area contributed by atoms with E-state index >= 15 is 0 Å². The van der Waals surface area contributed by atoms with Gasteiger partial charge < -0.3 is 15.1 Å². The number of amides is 1. The summed E-state index contributed by atoms with van der Waals surface area (Å²) in [5, 5.41) is 0. The molecule has 5 nitrogen and oxygen atoms in total. The van der Waals surface area contributed by atoms with Crippen molar-refractivity contribution < 1.29 is 9.21 Å². The minimum Gasteiger partial charge on any atom is -0.467 e. The Morgan fingerprint density at radius 2 is 2.05 bits per heavy atom. The Morgan fingerprint density at radius 1 is 1.26 bits per heavy atom. The van der Waals surface area contributed by atoms with Gasteiger partial charge >= 0.3 is 0 Å². The Hall–Kier alpha value is -2.14. The summed E-state index contributed by atoms with van der Waals surface area (Å²) >= 11 is 0. The normalized spacial score (nSPS) is 10.4. The van der Waals surface area contributed by atoms with Crippen LogP contribution in [0, 0.1) is 0 Å². The first-order valence-electron chi connectivity index (χ1n) is 6.18. The number of furan rings is 1. The van der Waals surface area contributed by atoms with E-state index in [0.717, 1.165) is 11.3 Å². The molecule has 5 heteroatoms. The van der Waals surface area contributed by atoms with Gasteiger partial charge in [-0.2, -0.15) is 0 Å². The molecule has 0 atom stereocenters. The molecule has 0 unspecified atom stereocenters. The fourth-order valence-corrected chi connectivity index (χ4v) is 1.81. The van der Waals surface area contributed by atoms with Crippen LogP contribution in [-0.4, -0.2) is 22.3 Å². The third-order valence-electron chi connectivity index (χ3n) is 2.76. The molecule has 0 aliphatic carbocycles.